The topological polar surface area (TPSA) is 102 Å². The van der Waals surface area contributed by atoms with E-state index in [1.807, 2.05) is 55.5 Å². The van der Waals surface area contributed by atoms with E-state index in [0.29, 0.717) is 45.0 Å². The van der Waals surface area contributed by atoms with Crippen LogP contribution in [-0.2, 0) is 21.8 Å². The highest BCUT2D eigenvalue weighted by Crippen LogP contribution is 2.45. The normalized spacial score (nSPS) is 18.8. The maximum Gasteiger partial charge on any atom is 0.301 e. The highest BCUT2D eigenvalue weighted by molar-refractivity contribution is 8.00. The number of amides is 1. The first-order valence-corrected chi connectivity index (χ1v) is 16.6. The Balaban J connectivity index is 1.39. The van der Waals surface area contributed by atoms with Crippen molar-refractivity contribution in [3.05, 3.63) is 99.6 Å². The molecule has 6 rings (SSSR count). The summed E-state index contributed by atoms with van der Waals surface area (Å²) < 4.78 is 12.4. The van der Waals surface area contributed by atoms with Crippen LogP contribution in [0.1, 0.15) is 55.0 Å². The molecule has 0 spiro atoms. The third kappa shape index (κ3) is 6.06. The van der Waals surface area contributed by atoms with Crippen molar-refractivity contribution in [3.63, 3.8) is 0 Å². The Hall–Kier alpha value is -3.86. The molecule has 1 N–H and O–H groups in total. The van der Waals surface area contributed by atoms with E-state index in [1.165, 1.54) is 28.0 Å². The molecule has 8 nitrogen and oxygen atoms in total. The second-order valence-electron chi connectivity index (χ2n) is 10.6. The van der Waals surface area contributed by atoms with Crippen LogP contribution >= 0.6 is 34.7 Å². The number of aromatic nitrogens is 2. The van der Waals surface area contributed by atoms with E-state index in [9.17, 15) is 14.7 Å². The van der Waals surface area contributed by atoms with Crippen molar-refractivity contribution in [3.8, 4) is 11.5 Å². The summed E-state index contributed by atoms with van der Waals surface area (Å²) >= 11 is 8.97. The van der Waals surface area contributed by atoms with Crippen LogP contribution in [0.4, 0.5) is 5.13 Å². The van der Waals surface area contributed by atoms with Gasteiger partial charge in [-0.1, -0.05) is 78.4 Å². The van der Waals surface area contributed by atoms with Crippen molar-refractivity contribution in [1.29, 1.82) is 0 Å². The van der Waals surface area contributed by atoms with Gasteiger partial charge in [0.1, 0.15) is 23.4 Å². The molecule has 226 valence electrons. The zero-order valence-electron chi connectivity index (χ0n) is 24.2. The summed E-state index contributed by atoms with van der Waals surface area (Å²) in [7, 11) is 0. The second-order valence-corrected chi connectivity index (χ2v) is 13.2. The summed E-state index contributed by atoms with van der Waals surface area (Å²) in [5.74, 6) is 0.0839. The van der Waals surface area contributed by atoms with Gasteiger partial charge in [-0.05, 0) is 66.4 Å². The molecule has 2 aliphatic rings. The number of carbonyl (C=O) groups is 2. The van der Waals surface area contributed by atoms with Gasteiger partial charge in [0.15, 0.2) is 4.34 Å². The minimum atomic E-state index is -0.942. The molecule has 0 bridgehead atoms. The number of ether oxygens (including phenoxy) is 2. The molecular weight excluding hydrogens is 618 g/mol. The lowest BCUT2D eigenvalue weighted by atomic mass is 9.94. The molecule has 0 aliphatic carbocycles. The number of carbonyl (C=O) groups excluding carboxylic acids is 2. The molecule has 1 aromatic heterocycles. The van der Waals surface area contributed by atoms with Gasteiger partial charge in [0.05, 0.1) is 18.2 Å². The van der Waals surface area contributed by atoms with Crippen LogP contribution in [0.25, 0.3) is 5.76 Å². The van der Waals surface area contributed by atoms with Crippen molar-refractivity contribution < 1.29 is 24.2 Å². The molecule has 2 aliphatic heterocycles. The predicted octanol–water partition coefficient (Wildman–Crippen LogP) is 7.61. The van der Waals surface area contributed by atoms with Crippen LogP contribution in [0.5, 0.6) is 11.5 Å². The lowest BCUT2D eigenvalue weighted by Crippen LogP contribution is -2.29. The SMILES string of the molecule is CCCCOc1cccc([C@H]2/C(=C(\O)c3ccc4c(c3)C[C@@H](C)O4)C(=O)C(=O)N2c2nnc(SCc3ccccc3Cl)s2)c1. The second kappa shape index (κ2) is 13.0. The number of hydrogen-bond donors (Lipinski definition) is 1. The van der Waals surface area contributed by atoms with E-state index < -0.39 is 17.7 Å². The maximum absolute atomic E-state index is 13.7. The number of halogens is 1. The van der Waals surface area contributed by atoms with Gasteiger partial charge < -0.3 is 14.6 Å². The quantitative estimate of drug-likeness (QED) is 0.0469. The summed E-state index contributed by atoms with van der Waals surface area (Å²) in [5.41, 5.74) is 2.91. The lowest BCUT2D eigenvalue weighted by Gasteiger charge is -2.23. The number of hydrogen-bond acceptors (Lipinski definition) is 9. The van der Waals surface area contributed by atoms with E-state index >= 15 is 0 Å². The fourth-order valence-electron chi connectivity index (χ4n) is 5.29. The van der Waals surface area contributed by atoms with Crippen molar-refractivity contribution >= 4 is 57.3 Å². The van der Waals surface area contributed by atoms with Crippen LogP contribution < -0.4 is 14.4 Å². The highest BCUT2D eigenvalue weighted by atomic mass is 35.5. The summed E-state index contributed by atoms with van der Waals surface area (Å²) in [6, 6.07) is 19.2. The molecule has 1 fully saturated rings. The lowest BCUT2D eigenvalue weighted by molar-refractivity contribution is -0.132. The van der Waals surface area contributed by atoms with E-state index in [0.717, 1.165) is 29.7 Å². The molecule has 44 heavy (non-hydrogen) atoms. The van der Waals surface area contributed by atoms with E-state index in [1.54, 1.807) is 18.2 Å². The van der Waals surface area contributed by atoms with Crippen LogP contribution in [0.15, 0.2) is 76.6 Å². The Labute approximate surface area is 268 Å². The van der Waals surface area contributed by atoms with Gasteiger partial charge in [-0.15, -0.1) is 10.2 Å². The van der Waals surface area contributed by atoms with Crippen LogP contribution in [0, 0.1) is 0 Å². The number of rotatable bonds is 10. The Morgan fingerprint density at radius 1 is 1.14 bits per heavy atom. The number of aliphatic hydroxyl groups is 1. The Morgan fingerprint density at radius 3 is 2.80 bits per heavy atom. The monoisotopic (exact) mass is 647 g/mol. The Kier molecular flexibility index (Phi) is 8.93. The van der Waals surface area contributed by atoms with Crippen LogP contribution in [0.2, 0.25) is 5.02 Å². The molecule has 2 atom stereocenters. The summed E-state index contributed by atoms with van der Waals surface area (Å²) in [5, 5.41) is 21.2. The number of nitrogens with zero attached hydrogens (tertiary/aromatic N) is 3. The van der Waals surface area contributed by atoms with E-state index in [2.05, 4.69) is 17.1 Å². The van der Waals surface area contributed by atoms with Crippen molar-refractivity contribution in [2.75, 3.05) is 11.5 Å². The van der Waals surface area contributed by atoms with E-state index in [4.69, 9.17) is 21.1 Å². The van der Waals surface area contributed by atoms with Gasteiger partial charge in [-0.3, -0.25) is 14.5 Å². The molecule has 3 aromatic carbocycles. The van der Waals surface area contributed by atoms with Crippen LogP contribution in [-0.4, -0.2) is 39.7 Å². The van der Waals surface area contributed by atoms with Crippen LogP contribution in [0.3, 0.4) is 0 Å². The number of thioether (sulfide) groups is 1. The first kappa shape index (κ1) is 30.2. The molecule has 1 saturated heterocycles. The van der Waals surface area contributed by atoms with Gasteiger partial charge in [0, 0.05) is 22.8 Å². The third-order valence-corrected chi connectivity index (χ3v) is 9.94. The zero-order chi connectivity index (χ0) is 30.8. The zero-order valence-corrected chi connectivity index (χ0v) is 26.5. The number of ketones is 1. The van der Waals surface area contributed by atoms with Gasteiger partial charge in [0.2, 0.25) is 5.13 Å². The van der Waals surface area contributed by atoms with Gasteiger partial charge >= 0.3 is 5.91 Å². The first-order chi connectivity index (χ1) is 21.3. The molecule has 0 radical (unpaired) electrons. The fourth-order valence-corrected chi connectivity index (χ4v) is 7.45. The Bertz CT molecular complexity index is 1760. The number of fused-ring (bicyclic) bond motifs is 1. The number of benzene rings is 3. The summed E-state index contributed by atoms with van der Waals surface area (Å²) in [4.78, 5) is 28.7. The molecule has 11 heteroatoms. The van der Waals surface area contributed by atoms with Crippen molar-refractivity contribution in [1.82, 2.24) is 10.2 Å². The van der Waals surface area contributed by atoms with E-state index in [-0.39, 0.29) is 22.6 Å². The number of anilines is 1. The Morgan fingerprint density at radius 2 is 1.98 bits per heavy atom. The molecule has 3 heterocycles. The fraction of sp³-hybridized carbons (Fsp3) is 0.273. The van der Waals surface area contributed by atoms with Gasteiger partial charge in [-0.2, -0.15) is 0 Å². The highest BCUT2D eigenvalue weighted by Gasteiger charge is 2.48. The first-order valence-electron chi connectivity index (χ1n) is 14.4. The minimum Gasteiger partial charge on any atom is -0.507 e. The molecule has 4 aromatic rings. The smallest absolute Gasteiger partial charge is 0.301 e. The predicted molar refractivity (Wildman–Crippen MR) is 173 cm³/mol. The maximum atomic E-state index is 13.7. The largest absolute Gasteiger partial charge is 0.507 e. The standard InChI is InChI=1S/C33H30ClN3O5S2/c1-3-4-14-41-24-10-7-9-20(17-24)28-27(29(38)21-12-13-26-23(16-21)15-19(2)42-26)30(39)31(40)37(28)32-35-36-33(44-32)43-18-22-8-5-6-11-25(22)34/h5-13,16-17,19,28,38H,3-4,14-15,18H2,1-2H3/b29-27+/t19-,28+/m1/s1. The molecule has 0 saturated carbocycles. The summed E-state index contributed by atoms with van der Waals surface area (Å²) in [6.07, 6.45) is 2.58. The number of unbranched alkanes of at least 4 members (excludes halogenated alkanes) is 1. The molecule has 1 amide bonds. The number of Topliss-reactive ketones (excluding diaryl/α,β-unsaturated/α-hetero) is 1. The third-order valence-electron chi connectivity index (χ3n) is 7.47. The number of aliphatic hydroxyl groups excluding tert-OH is 1. The average molecular weight is 648 g/mol. The van der Waals surface area contributed by atoms with Gasteiger partial charge in [0.25, 0.3) is 5.78 Å². The van der Waals surface area contributed by atoms with Crippen molar-refractivity contribution in [2.24, 2.45) is 0 Å². The van der Waals surface area contributed by atoms with Gasteiger partial charge in [-0.25, -0.2) is 0 Å². The summed E-state index contributed by atoms with van der Waals surface area (Å²) in [6.45, 7) is 4.60. The molecular formula is C33H30ClN3O5S2. The minimum absolute atomic E-state index is 0.0193. The molecule has 0 unspecified atom stereocenters. The van der Waals surface area contributed by atoms with Crippen molar-refractivity contribution in [2.45, 2.75) is 55.3 Å². The average Bonchev–Trinajstić information content (AvgIpc) is 3.71.